The van der Waals surface area contributed by atoms with Crippen molar-refractivity contribution in [3.8, 4) is 0 Å². The number of sulfone groups is 1. The molecule has 0 aliphatic rings. The van der Waals surface area contributed by atoms with E-state index in [9.17, 15) is 8.42 Å². The molecule has 1 aromatic heterocycles. The molecule has 0 aliphatic heterocycles. The molecule has 0 saturated heterocycles. The zero-order valence-corrected chi connectivity index (χ0v) is 12.6. The molecule has 1 aromatic carbocycles. The second kappa shape index (κ2) is 6.24. The lowest BCUT2D eigenvalue weighted by molar-refractivity contribution is 0.601. The smallest absolute Gasteiger partial charge is 0.179 e. The van der Waals surface area contributed by atoms with E-state index in [2.05, 4.69) is 10.3 Å². The average Bonchev–Trinajstić information content (AvgIpc) is 2.44. The Bertz CT molecular complexity index is 702. The number of hydrogen-bond donors (Lipinski definition) is 1. The van der Waals surface area contributed by atoms with Gasteiger partial charge in [0, 0.05) is 24.9 Å². The third-order valence-electron chi connectivity index (χ3n) is 2.78. The van der Waals surface area contributed by atoms with Gasteiger partial charge in [0.1, 0.15) is 10.7 Å². The zero-order chi connectivity index (χ0) is 14.6. The number of alkyl halides is 1. The summed E-state index contributed by atoms with van der Waals surface area (Å²) in [6.07, 6.45) is 2.73. The first-order valence-electron chi connectivity index (χ1n) is 6.03. The predicted octanol–water partition coefficient (Wildman–Crippen LogP) is 2.84. The minimum atomic E-state index is -3.30. The van der Waals surface area contributed by atoms with E-state index < -0.39 is 9.84 Å². The van der Waals surface area contributed by atoms with Crippen LogP contribution in [0.25, 0.3) is 0 Å². The first-order chi connectivity index (χ1) is 9.50. The largest absolute Gasteiger partial charge is 0.365 e. The lowest BCUT2D eigenvalue weighted by Crippen LogP contribution is -2.08. The molecular weight excluding hydrogens is 296 g/mol. The number of benzene rings is 1. The van der Waals surface area contributed by atoms with E-state index in [-0.39, 0.29) is 4.90 Å². The second-order valence-corrected chi connectivity index (χ2v) is 6.68. The van der Waals surface area contributed by atoms with Crippen LogP contribution in [0.3, 0.4) is 0 Å². The van der Waals surface area contributed by atoms with E-state index in [1.54, 1.807) is 18.3 Å². The molecule has 0 atom stereocenters. The number of halogens is 1. The van der Waals surface area contributed by atoms with Crippen LogP contribution in [0.5, 0.6) is 0 Å². The predicted molar refractivity (Wildman–Crippen MR) is 80.7 cm³/mol. The summed E-state index contributed by atoms with van der Waals surface area (Å²) in [5.74, 6) is 0.817. The number of pyridine rings is 1. The van der Waals surface area contributed by atoms with Crippen LogP contribution in [0.15, 0.2) is 47.5 Å². The van der Waals surface area contributed by atoms with Gasteiger partial charge in [-0.1, -0.05) is 24.3 Å². The molecule has 0 unspecified atom stereocenters. The van der Waals surface area contributed by atoms with Gasteiger partial charge in [-0.05, 0) is 23.3 Å². The molecule has 1 N–H and O–H groups in total. The normalized spacial score (nSPS) is 11.3. The van der Waals surface area contributed by atoms with Gasteiger partial charge in [0.05, 0.1) is 0 Å². The Morgan fingerprint density at radius 3 is 2.65 bits per heavy atom. The van der Waals surface area contributed by atoms with Gasteiger partial charge in [-0.15, -0.1) is 11.6 Å². The fourth-order valence-electron chi connectivity index (χ4n) is 1.83. The van der Waals surface area contributed by atoms with Crippen molar-refractivity contribution in [2.24, 2.45) is 0 Å². The minimum Gasteiger partial charge on any atom is -0.365 e. The van der Waals surface area contributed by atoms with Crippen LogP contribution in [0.1, 0.15) is 11.1 Å². The Balaban J connectivity index is 2.19. The van der Waals surface area contributed by atoms with Crippen molar-refractivity contribution in [3.63, 3.8) is 0 Å². The van der Waals surface area contributed by atoms with Crippen LogP contribution >= 0.6 is 11.6 Å². The summed E-state index contributed by atoms with van der Waals surface area (Å²) >= 11 is 5.79. The van der Waals surface area contributed by atoms with Gasteiger partial charge in [-0.2, -0.15) is 0 Å². The van der Waals surface area contributed by atoms with Crippen LogP contribution in [0.4, 0.5) is 5.82 Å². The minimum absolute atomic E-state index is 0.202. The maximum atomic E-state index is 11.7. The molecule has 0 radical (unpaired) electrons. The second-order valence-electron chi connectivity index (χ2n) is 4.43. The number of nitrogens with zero attached hydrogens (tertiary/aromatic N) is 1. The van der Waals surface area contributed by atoms with Crippen molar-refractivity contribution < 1.29 is 8.42 Å². The first kappa shape index (κ1) is 14.8. The third-order valence-corrected chi connectivity index (χ3v) is 4.21. The average molecular weight is 311 g/mol. The Morgan fingerprint density at radius 2 is 1.95 bits per heavy atom. The quantitative estimate of drug-likeness (QED) is 0.863. The summed E-state index contributed by atoms with van der Waals surface area (Å²) in [7, 11) is -3.30. The zero-order valence-electron chi connectivity index (χ0n) is 11.0. The summed E-state index contributed by atoms with van der Waals surface area (Å²) < 4.78 is 23.3. The lowest BCUT2D eigenvalue weighted by Gasteiger charge is -2.10. The van der Waals surface area contributed by atoms with Gasteiger partial charge in [0.25, 0.3) is 0 Å². The Labute approximate surface area is 123 Å². The van der Waals surface area contributed by atoms with Crippen LogP contribution in [-0.4, -0.2) is 19.7 Å². The van der Waals surface area contributed by atoms with E-state index in [1.165, 1.54) is 6.26 Å². The number of hydrogen-bond acceptors (Lipinski definition) is 4. The third kappa shape index (κ3) is 3.71. The van der Waals surface area contributed by atoms with Gasteiger partial charge in [-0.25, -0.2) is 13.4 Å². The maximum Gasteiger partial charge on any atom is 0.179 e. The summed E-state index contributed by atoms with van der Waals surface area (Å²) in [4.78, 5) is 4.29. The fourth-order valence-corrected chi connectivity index (χ4v) is 2.80. The van der Waals surface area contributed by atoms with Crippen molar-refractivity contribution >= 4 is 27.3 Å². The monoisotopic (exact) mass is 310 g/mol. The summed E-state index contributed by atoms with van der Waals surface area (Å²) in [5.41, 5.74) is 2.04. The molecular formula is C14H15ClN2O2S. The SMILES string of the molecule is CS(=O)(=O)c1cccnc1NCc1cccc(CCl)c1. The van der Waals surface area contributed by atoms with Gasteiger partial charge in [0.2, 0.25) is 0 Å². The highest BCUT2D eigenvalue weighted by atomic mass is 35.5. The highest BCUT2D eigenvalue weighted by Crippen LogP contribution is 2.18. The van der Waals surface area contributed by atoms with Crippen LogP contribution in [0.2, 0.25) is 0 Å². The number of aromatic nitrogens is 1. The van der Waals surface area contributed by atoms with E-state index in [0.29, 0.717) is 18.2 Å². The van der Waals surface area contributed by atoms with E-state index in [1.807, 2.05) is 24.3 Å². The van der Waals surface area contributed by atoms with Crippen LogP contribution in [0, 0.1) is 0 Å². The Morgan fingerprint density at radius 1 is 1.20 bits per heavy atom. The van der Waals surface area contributed by atoms with Gasteiger partial charge >= 0.3 is 0 Å². The molecule has 6 heteroatoms. The van der Waals surface area contributed by atoms with E-state index in [4.69, 9.17) is 11.6 Å². The highest BCUT2D eigenvalue weighted by Gasteiger charge is 2.13. The fraction of sp³-hybridized carbons (Fsp3) is 0.214. The molecule has 106 valence electrons. The van der Waals surface area contributed by atoms with Crippen LogP contribution in [-0.2, 0) is 22.3 Å². The Hall–Kier alpha value is -1.59. The maximum absolute atomic E-state index is 11.7. The van der Waals surface area contributed by atoms with E-state index >= 15 is 0 Å². The molecule has 0 bridgehead atoms. The molecule has 2 aromatic rings. The summed E-state index contributed by atoms with van der Waals surface area (Å²) in [5, 5.41) is 3.05. The first-order valence-corrected chi connectivity index (χ1v) is 8.46. The molecule has 0 fully saturated rings. The number of rotatable bonds is 5. The number of anilines is 1. The summed E-state index contributed by atoms with van der Waals surface area (Å²) in [6.45, 7) is 0.490. The van der Waals surface area contributed by atoms with E-state index in [0.717, 1.165) is 11.1 Å². The van der Waals surface area contributed by atoms with Crippen molar-refractivity contribution in [2.75, 3.05) is 11.6 Å². The van der Waals surface area contributed by atoms with Crippen molar-refractivity contribution in [1.29, 1.82) is 0 Å². The van der Waals surface area contributed by atoms with Gasteiger partial charge in [0.15, 0.2) is 9.84 Å². The van der Waals surface area contributed by atoms with Crippen molar-refractivity contribution in [3.05, 3.63) is 53.7 Å². The highest BCUT2D eigenvalue weighted by molar-refractivity contribution is 7.90. The molecule has 0 amide bonds. The molecule has 2 rings (SSSR count). The molecule has 4 nitrogen and oxygen atoms in total. The summed E-state index contributed by atoms with van der Waals surface area (Å²) in [6, 6.07) is 10.9. The lowest BCUT2D eigenvalue weighted by atomic mass is 10.1. The standard InChI is InChI=1S/C14H15ClN2O2S/c1-20(18,19)13-6-3-7-16-14(13)17-10-12-5-2-4-11(8-12)9-15/h2-8H,9-10H2,1H3,(H,16,17). The van der Waals surface area contributed by atoms with Crippen molar-refractivity contribution in [1.82, 2.24) is 4.98 Å². The van der Waals surface area contributed by atoms with Gasteiger partial charge < -0.3 is 5.32 Å². The Kier molecular flexibility index (Phi) is 4.62. The van der Waals surface area contributed by atoms with Crippen molar-refractivity contribution in [2.45, 2.75) is 17.3 Å². The molecule has 0 aliphatic carbocycles. The van der Waals surface area contributed by atoms with Crippen LogP contribution < -0.4 is 5.32 Å². The number of nitrogens with one attached hydrogen (secondary N) is 1. The molecule has 0 spiro atoms. The topological polar surface area (TPSA) is 59.1 Å². The molecule has 20 heavy (non-hydrogen) atoms. The van der Waals surface area contributed by atoms with Gasteiger partial charge in [-0.3, -0.25) is 0 Å². The molecule has 0 saturated carbocycles. The molecule has 1 heterocycles.